The van der Waals surface area contributed by atoms with Crippen LogP contribution in [0, 0.1) is 0 Å². The van der Waals surface area contributed by atoms with Crippen molar-refractivity contribution >= 4 is 5.91 Å². The van der Waals surface area contributed by atoms with Crippen molar-refractivity contribution in [2.24, 2.45) is 0 Å². The number of rotatable bonds is 4. The molecule has 0 aliphatic carbocycles. The Labute approximate surface area is 96.7 Å². The molecule has 1 N–H and O–H groups in total. The van der Waals surface area contributed by atoms with Crippen LogP contribution in [0.3, 0.4) is 0 Å². The first-order valence-corrected chi connectivity index (χ1v) is 5.39. The number of hydrogen-bond donors (Lipinski definition) is 1. The predicted molar refractivity (Wildman–Crippen MR) is 67.0 cm³/mol. The zero-order valence-electron chi connectivity index (χ0n) is 9.68. The predicted octanol–water partition coefficient (Wildman–Crippen LogP) is 3.00. The van der Waals surface area contributed by atoms with Gasteiger partial charge in [0.25, 0.3) is 0 Å². The lowest BCUT2D eigenvalue weighted by Crippen LogP contribution is -2.24. The first kappa shape index (κ1) is 12.2. The Hall–Kier alpha value is -1.83. The van der Waals surface area contributed by atoms with E-state index in [9.17, 15) is 4.79 Å². The Morgan fingerprint density at radius 3 is 2.56 bits per heavy atom. The third-order valence-corrected chi connectivity index (χ3v) is 2.21. The van der Waals surface area contributed by atoms with Crippen LogP contribution in [0.4, 0.5) is 0 Å². The van der Waals surface area contributed by atoms with E-state index in [2.05, 4.69) is 5.32 Å². The molecule has 2 heteroatoms. The van der Waals surface area contributed by atoms with Crippen LogP contribution in [0.2, 0.25) is 0 Å². The highest BCUT2D eigenvalue weighted by Gasteiger charge is 2.05. The number of carbonyl (C=O) groups is 1. The minimum Gasteiger partial charge on any atom is -0.346 e. The fourth-order valence-corrected chi connectivity index (χ4v) is 1.34. The summed E-state index contributed by atoms with van der Waals surface area (Å²) >= 11 is 0. The minimum atomic E-state index is -0.0746. The van der Waals surface area contributed by atoms with E-state index in [1.165, 1.54) is 6.08 Å². The highest BCUT2D eigenvalue weighted by atomic mass is 16.1. The summed E-state index contributed by atoms with van der Waals surface area (Å²) in [6.07, 6.45) is 6.96. The Morgan fingerprint density at radius 1 is 1.25 bits per heavy atom. The summed E-state index contributed by atoms with van der Waals surface area (Å²) in [6.45, 7) is 3.88. The molecular weight excluding hydrogens is 198 g/mol. The van der Waals surface area contributed by atoms with Gasteiger partial charge in [-0.05, 0) is 19.4 Å². The number of carbonyl (C=O) groups excluding carboxylic acids is 1. The molecule has 2 nitrogen and oxygen atoms in total. The van der Waals surface area contributed by atoms with E-state index in [4.69, 9.17) is 0 Å². The van der Waals surface area contributed by atoms with Crippen LogP contribution >= 0.6 is 0 Å². The number of hydrogen-bond acceptors (Lipinski definition) is 1. The van der Waals surface area contributed by atoms with Gasteiger partial charge in [0, 0.05) is 6.08 Å². The molecule has 16 heavy (non-hydrogen) atoms. The molecule has 0 aliphatic rings. The number of nitrogens with one attached hydrogen (secondary N) is 1. The lowest BCUT2D eigenvalue weighted by Gasteiger charge is -2.12. The molecule has 1 aromatic rings. The fourth-order valence-electron chi connectivity index (χ4n) is 1.34. The van der Waals surface area contributed by atoms with Crippen LogP contribution in [-0.4, -0.2) is 5.91 Å². The van der Waals surface area contributed by atoms with Crippen LogP contribution in [0.5, 0.6) is 0 Å². The molecule has 1 atom stereocenters. The molecule has 1 unspecified atom stereocenters. The van der Waals surface area contributed by atoms with E-state index >= 15 is 0 Å². The summed E-state index contributed by atoms with van der Waals surface area (Å²) in [5.41, 5.74) is 1.11. The van der Waals surface area contributed by atoms with Crippen molar-refractivity contribution in [3.63, 3.8) is 0 Å². The highest BCUT2D eigenvalue weighted by molar-refractivity contribution is 5.88. The van der Waals surface area contributed by atoms with E-state index in [1.54, 1.807) is 6.08 Å². The average Bonchev–Trinajstić information content (AvgIpc) is 2.30. The first-order chi connectivity index (χ1) is 7.74. The van der Waals surface area contributed by atoms with Gasteiger partial charge in [-0.3, -0.25) is 4.79 Å². The second kappa shape index (κ2) is 6.62. The molecular formula is C14H17NO. The largest absolute Gasteiger partial charge is 0.346 e. The van der Waals surface area contributed by atoms with Gasteiger partial charge in [-0.1, -0.05) is 48.6 Å². The topological polar surface area (TPSA) is 29.1 Å². The summed E-state index contributed by atoms with van der Waals surface area (Å²) in [6, 6.07) is 9.93. The molecule has 84 valence electrons. The molecule has 1 amide bonds. The standard InChI is InChI=1S/C14H17NO/c1-3-4-6-11-14(16)15-12(2)13-9-7-5-8-10-13/h3-12H,1-2H3,(H,15,16). The van der Waals surface area contributed by atoms with E-state index in [-0.39, 0.29) is 11.9 Å². The van der Waals surface area contributed by atoms with Gasteiger partial charge in [-0.25, -0.2) is 0 Å². The van der Waals surface area contributed by atoms with E-state index in [0.29, 0.717) is 0 Å². The molecule has 0 heterocycles. The fraction of sp³-hybridized carbons (Fsp3) is 0.214. The van der Waals surface area contributed by atoms with Crippen LogP contribution in [0.15, 0.2) is 54.6 Å². The molecule has 0 saturated heterocycles. The van der Waals surface area contributed by atoms with E-state index < -0.39 is 0 Å². The number of allylic oxidation sites excluding steroid dienone is 3. The van der Waals surface area contributed by atoms with Gasteiger partial charge in [0.1, 0.15) is 0 Å². The van der Waals surface area contributed by atoms with Crippen molar-refractivity contribution in [3.8, 4) is 0 Å². The summed E-state index contributed by atoms with van der Waals surface area (Å²) in [5.74, 6) is -0.0746. The third kappa shape index (κ3) is 4.13. The zero-order chi connectivity index (χ0) is 11.8. The van der Waals surface area contributed by atoms with Crippen molar-refractivity contribution in [2.75, 3.05) is 0 Å². The summed E-state index contributed by atoms with van der Waals surface area (Å²) in [7, 11) is 0. The smallest absolute Gasteiger partial charge is 0.244 e. The lowest BCUT2D eigenvalue weighted by atomic mass is 10.1. The molecule has 0 aromatic heterocycles. The van der Waals surface area contributed by atoms with Gasteiger partial charge in [-0.15, -0.1) is 0 Å². The maximum Gasteiger partial charge on any atom is 0.244 e. The third-order valence-electron chi connectivity index (χ3n) is 2.21. The maximum atomic E-state index is 11.5. The van der Waals surface area contributed by atoms with Crippen LogP contribution in [-0.2, 0) is 4.79 Å². The zero-order valence-corrected chi connectivity index (χ0v) is 9.68. The normalized spacial score (nSPS) is 13.1. The van der Waals surface area contributed by atoms with E-state index in [1.807, 2.05) is 56.3 Å². The van der Waals surface area contributed by atoms with Gasteiger partial charge in [-0.2, -0.15) is 0 Å². The second-order valence-electron chi connectivity index (χ2n) is 3.53. The Bertz CT molecular complexity index is 379. The van der Waals surface area contributed by atoms with Crippen molar-refractivity contribution < 1.29 is 4.79 Å². The molecule has 1 rings (SSSR count). The van der Waals surface area contributed by atoms with Crippen molar-refractivity contribution in [3.05, 3.63) is 60.2 Å². The van der Waals surface area contributed by atoms with Gasteiger partial charge in [0.2, 0.25) is 5.91 Å². The molecule has 0 radical (unpaired) electrons. The van der Waals surface area contributed by atoms with Crippen LogP contribution in [0.1, 0.15) is 25.5 Å². The first-order valence-electron chi connectivity index (χ1n) is 5.39. The Balaban J connectivity index is 2.52. The number of benzene rings is 1. The second-order valence-corrected chi connectivity index (χ2v) is 3.53. The van der Waals surface area contributed by atoms with Crippen LogP contribution in [0.25, 0.3) is 0 Å². The quantitative estimate of drug-likeness (QED) is 0.607. The Kier molecular flexibility index (Phi) is 5.06. The lowest BCUT2D eigenvalue weighted by molar-refractivity contribution is -0.117. The number of amides is 1. The Morgan fingerprint density at radius 2 is 1.94 bits per heavy atom. The molecule has 0 aliphatic heterocycles. The van der Waals surface area contributed by atoms with Gasteiger partial charge >= 0.3 is 0 Å². The van der Waals surface area contributed by atoms with Crippen molar-refractivity contribution in [1.82, 2.24) is 5.32 Å². The monoisotopic (exact) mass is 215 g/mol. The van der Waals surface area contributed by atoms with Gasteiger partial charge in [0.05, 0.1) is 6.04 Å². The van der Waals surface area contributed by atoms with Crippen molar-refractivity contribution in [1.29, 1.82) is 0 Å². The SMILES string of the molecule is CC=CC=CC(=O)NC(C)c1ccccc1. The molecule has 0 saturated carbocycles. The summed E-state index contributed by atoms with van der Waals surface area (Å²) in [4.78, 5) is 11.5. The van der Waals surface area contributed by atoms with Crippen molar-refractivity contribution in [2.45, 2.75) is 19.9 Å². The van der Waals surface area contributed by atoms with Gasteiger partial charge in [0.15, 0.2) is 0 Å². The average molecular weight is 215 g/mol. The van der Waals surface area contributed by atoms with E-state index in [0.717, 1.165) is 5.56 Å². The minimum absolute atomic E-state index is 0.0314. The van der Waals surface area contributed by atoms with Crippen LogP contribution < -0.4 is 5.32 Å². The molecule has 1 aromatic carbocycles. The maximum absolute atomic E-state index is 11.5. The molecule has 0 fully saturated rings. The van der Waals surface area contributed by atoms with Gasteiger partial charge < -0.3 is 5.32 Å². The highest BCUT2D eigenvalue weighted by Crippen LogP contribution is 2.10. The summed E-state index contributed by atoms with van der Waals surface area (Å²) in [5, 5.41) is 2.90. The summed E-state index contributed by atoms with van der Waals surface area (Å²) < 4.78 is 0. The molecule has 0 spiro atoms. The molecule has 0 bridgehead atoms.